The second-order valence-corrected chi connectivity index (χ2v) is 8.58. The van der Waals surface area contributed by atoms with Crippen LogP contribution < -0.4 is 0 Å². The maximum absolute atomic E-state index is 2.52. The highest BCUT2D eigenvalue weighted by atomic mass is 14.6. The van der Waals surface area contributed by atoms with Gasteiger partial charge in [-0.1, -0.05) is 87.0 Å². The van der Waals surface area contributed by atoms with Gasteiger partial charge >= 0.3 is 0 Å². The van der Waals surface area contributed by atoms with E-state index < -0.39 is 0 Å². The lowest BCUT2D eigenvalue weighted by Gasteiger charge is -2.15. The Labute approximate surface area is 129 Å². The van der Waals surface area contributed by atoms with Crippen molar-refractivity contribution in [3.05, 3.63) is 0 Å². The smallest absolute Gasteiger partial charge is 0.0289 e. The van der Waals surface area contributed by atoms with E-state index in [-0.39, 0.29) is 0 Å². The second-order valence-electron chi connectivity index (χ2n) is 8.58. The van der Waals surface area contributed by atoms with E-state index in [1.807, 2.05) is 0 Å². The van der Waals surface area contributed by atoms with Crippen molar-refractivity contribution in [3.63, 3.8) is 0 Å². The van der Waals surface area contributed by atoms with Crippen molar-refractivity contribution in [1.82, 2.24) is 0 Å². The van der Waals surface area contributed by atoms with Gasteiger partial charge in [0, 0.05) is 0 Å². The van der Waals surface area contributed by atoms with Crippen molar-refractivity contribution in [2.45, 2.75) is 93.4 Å². The molecule has 1 rings (SSSR count). The van der Waals surface area contributed by atoms with Crippen LogP contribution >= 0.6 is 0 Å². The van der Waals surface area contributed by atoms with Crippen molar-refractivity contribution >= 4 is 0 Å². The molecule has 0 aromatic carbocycles. The lowest BCUT2D eigenvalue weighted by atomic mass is 9.91. The summed E-state index contributed by atoms with van der Waals surface area (Å²) in [6.45, 7) is 17.0. The number of rotatable bonds is 10. The molecule has 0 radical (unpaired) electrons. The van der Waals surface area contributed by atoms with Gasteiger partial charge < -0.3 is 0 Å². The van der Waals surface area contributed by atoms with Crippen LogP contribution in [0.3, 0.4) is 0 Å². The third kappa shape index (κ3) is 4.78. The molecule has 0 aromatic rings. The fourth-order valence-electron chi connectivity index (χ4n) is 4.36. The van der Waals surface area contributed by atoms with Gasteiger partial charge in [-0.05, 0) is 41.4 Å². The summed E-state index contributed by atoms with van der Waals surface area (Å²) in [5.41, 5.74) is 0.632. The topological polar surface area (TPSA) is 0 Å². The molecule has 0 bridgehead atoms. The molecule has 1 aliphatic rings. The van der Waals surface area contributed by atoms with Crippen LogP contribution in [0, 0.1) is 35.0 Å². The van der Waals surface area contributed by atoms with Crippen molar-refractivity contribution in [2.24, 2.45) is 35.0 Å². The van der Waals surface area contributed by atoms with Gasteiger partial charge in [-0.3, -0.25) is 0 Å². The monoisotopic (exact) mass is 280 g/mol. The Kier molecular flexibility index (Phi) is 7.09. The molecule has 0 spiro atoms. The van der Waals surface area contributed by atoms with E-state index in [2.05, 4.69) is 48.5 Å². The molecule has 0 heterocycles. The summed E-state index contributed by atoms with van der Waals surface area (Å²) in [4.78, 5) is 0. The lowest BCUT2D eigenvalue weighted by molar-refractivity contribution is 0.362. The first-order chi connectivity index (χ1) is 9.32. The zero-order valence-corrected chi connectivity index (χ0v) is 15.3. The molecule has 0 saturated heterocycles. The molecule has 1 saturated carbocycles. The lowest BCUT2D eigenvalue weighted by Crippen LogP contribution is -2.04. The number of hydrogen-bond donors (Lipinski definition) is 0. The largest absolute Gasteiger partial charge is 0.0654 e. The molecule has 0 N–H and O–H groups in total. The third-order valence-electron chi connectivity index (χ3n) is 6.33. The standard InChI is InChI=1S/C20H40/c1-8-9-10-12-17(5)19-18(20(19,6)7)14-11-13-16(4)15(2)3/h15-19H,8-14H2,1-7H3. The van der Waals surface area contributed by atoms with E-state index in [0.29, 0.717) is 5.41 Å². The summed E-state index contributed by atoms with van der Waals surface area (Å²) >= 11 is 0. The molecule has 4 unspecified atom stereocenters. The molecule has 0 heteroatoms. The van der Waals surface area contributed by atoms with Gasteiger partial charge in [-0.15, -0.1) is 0 Å². The fraction of sp³-hybridized carbons (Fsp3) is 1.00. The van der Waals surface area contributed by atoms with Gasteiger partial charge in [0.1, 0.15) is 0 Å². The summed E-state index contributed by atoms with van der Waals surface area (Å²) < 4.78 is 0. The Balaban J connectivity index is 2.29. The van der Waals surface area contributed by atoms with E-state index in [4.69, 9.17) is 0 Å². The highest BCUT2D eigenvalue weighted by Gasteiger charge is 2.58. The predicted octanol–water partition coefficient (Wildman–Crippen LogP) is 6.94. The number of unbranched alkanes of at least 4 members (excludes halogenated alkanes) is 2. The molecule has 20 heavy (non-hydrogen) atoms. The maximum atomic E-state index is 2.52. The summed E-state index contributed by atoms with van der Waals surface area (Å²) in [5, 5.41) is 0. The second kappa shape index (κ2) is 7.85. The molecule has 4 atom stereocenters. The molecule has 120 valence electrons. The van der Waals surface area contributed by atoms with Gasteiger partial charge in [0.05, 0.1) is 0 Å². The van der Waals surface area contributed by atoms with Crippen LogP contribution in [0.25, 0.3) is 0 Å². The molecule has 0 aliphatic heterocycles. The summed E-state index contributed by atoms with van der Waals surface area (Å²) in [7, 11) is 0. The molecule has 0 nitrogen and oxygen atoms in total. The Bertz CT molecular complexity index is 263. The minimum atomic E-state index is 0.632. The highest BCUT2D eigenvalue weighted by molar-refractivity contribution is 5.06. The maximum Gasteiger partial charge on any atom is -0.0289 e. The van der Waals surface area contributed by atoms with Crippen molar-refractivity contribution in [1.29, 1.82) is 0 Å². The molecule has 0 aromatic heterocycles. The van der Waals surface area contributed by atoms with E-state index in [1.54, 1.807) is 0 Å². The first-order valence-corrected chi connectivity index (χ1v) is 9.32. The summed E-state index contributed by atoms with van der Waals surface area (Å²) in [6, 6.07) is 0. The highest BCUT2D eigenvalue weighted by Crippen LogP contribution is 2.64. The van der Waals surface area contributed by atoms with Crippen LogP contribution in [0.15, 0.2) is 0 Å². The Hall–Kier alpha value is 0. The van der Waals surface area contributed by atoms with E-state index >= 15 is 0 Å². The quantitative estimate of drug-likeness (QED) is 0.380. The molecule has 0 amide bonds. The normalized spacial score (nSPS) is 27.6. The summed E-state index contributed by atoms with van der Waals surface area (Å²) in [5.74, 6) is 4.72. The Morgan fingerprint density at radius 2 is 1.55 bits per heavy atom. The van der Waals surface area contributed by atoms with Crippen molar-refractivity contribution < 1.29 is 0 Å². The van der Waals surface area contributed by atoms with Crippen LogP contribution in [-0.2, 0) is 0 Å². The molecule has 1 fully saturated rings. The van der Waals surface area contributed by atoms with Crippen LogP contribution in [0.4, 0.5) is 0 Å². The van der Waals surface area contributed by atoms with Crippen LogP contribution in [-0.4, -0.2) is 0 Å². The number of hydrogen-bond acceptors (Lipinski definition) is 0. The minimum Gasteiger partial charge on any atom is -0.0654 e. The van der Waals surface area contributed by atoms with Crippen LogP contribution in [0.1, 0.15) is 93.4 Å². The molecular formula is C20H40. The van der Waals surface area contributed by atoms with Gasteiger partial charge in [0.15, 0.2) is 0 Å². The van der Waals surface area contributed by atoms with E-state index in [1.165, 1.54) is 44.9 Å². The van der Waals surface area contributed by atoms with E-state index in [9.17, 15) is 0 Å². The van der Waals surface area contributed by atoms with Crippen LogP contribution in [0.5, 0.6) is 0 Å². The molecule has 1 aliphatic carbocycles. The first-order valence-electron chi connectivity index (χ1n) is 9.32. The average molecular weight is 281 g/mol. The fourth-order valence-corrected chi connectivity index (χ4v) is 4.36. The average Bonchev–Trinajstić information content (AvgIpc) is 2.91. The van der Waals surface area contributed by atoms with E-state index in [0.717, 1.165) is 29.6 Å². The van der Waals surface area contributed by atoms with Gasteiger partial charge in [-0.25, -0.2) is 0 Å². The van der Waals surface area contributed by atoms with Gasteiger partial charge in [0.25, 0.3) is 0 Å². The Morgan fingerprint density at radius 1 is 0.900 bits per heavy atom. The Morgan fingerprint density at radius 3 is 2.10 bits per heavy atom. The molecular weight excluding hydrogens is 240 g/mol. The van der Waals surface area contributed by atoms with Gasteiger partial charge in [-0.2, -0.15) is 0 Å². The zero-order valence-electron chi connectivity index (χ0n) is 15.3. The van der Waals surface area contributed by atoms with Crippen LogP contribution in [0.2, 0.25) is 0 Å². The van der Waals surface area contributed by atoms with Crippen molar-refractivity contribution in [2.75, 3.05) is 0 Å². The van der Waals surface area contributed by atoms with Crippen molar-refractivity contribution in [3.8, 4) is 0 Å². The predicted molar refractivity (Wildman–Crippen MR) is 91.9 cm³/mol. The minimum absolute atomic E-state index is 0.632. The van der Waals surface area contributed by atoms with Gasteiger partial charge in [0.2, 0.25) is 0 Å². The third-order valence-corrected chi connectivity index (χ3v) is 6.33. The first kappa shape index (κ1) is 18.1. The SMILES string of the molecule is CCCCCC(C)C1C(CCCC(C)C(C)C)C1(C)C. The zero-order chi connectivity index (χ0) is 15.3. The summed E-state index contributed by atoms with van der Waals surface area (Å²) in [6.07, 6.45) is 10.0.